The average Bonchev–Trinajstić information content (AvgIpc) is 2.41. The second kappa shape index (κ2) is 5.61. The Hall–Kier alpha value is -2.23. The molecule has 0 spiro atoms. The molecular weight excluding hydrogens is 243 g/mol. The second-order valence-corrected chi connectivity index (χ2v) is 4.30. The van der Waals surface area contributed by atoms with Crippen LogP contribution in [0.25, 0.3) is 0 Å². The van der Waals surface area contributed by atoms with Crippen molar-refractivity contribution in [2.75, 3.05) is 5.32 Å². The summed E-state index contributed by atoms with van der Waals surface area (Å²) in [5, 5.41) is 2.69. The Morgan fingerprint density at radius 2 is 2.16 bits per heavy atom. The van der Waals surface area contributed by atoms with Gasteiger partial charge in [-0.1, -0.05) is 13.0 Å². The zero-order valence-corrected chi connectivity index (χ0v) is 10.9. The van der Waals surface area contributed by atoms with E-state index in [1.54, 1.807) is 0 Å². The van der Waals surface area contributed by atoms with Gasteiger partial charge in [0, 0.05) is 11.9 Å². The standard InChI is InChI=1S/C15H15FN2O/c1-3-11-8-12(5-4-10(11)2)18-15(19)13-6-7-17-9-14(13)16/h4-9H,3H2,1-2H3,(H,18,19). The van der Waals surface area contributed by atoms with E-state index in [1.807, 2.05) is 25.1 Å². The first-order valence-corrected chi connectivity index (χ1v) is 6.12. The van der Waals surface area contributed by atoms with Gasteiger partial charge in [0.15, 0.2) is 5.82 Å². The first-order valence-electron chi connectivity index (χ1n) is 6.12. The van der Waals surface area contributed by atoms with Crippen LogP contribution in [0.15, 0.2) is 36.7 Å². The summed E-state index contributed by atoms with van der Waals surface area (Å²) >= 11 is 0. The molecule has 0 unspecified atom stereocenters. The van der Waals surface area contributed by atoms with Gasteiger partial charge in [0.05, 0.1) is 11.8 Å². The number of hydrogen-bond acceptors (Lipinski definition) is 2. The molecule has 19 heavy (non-hydrogen) atoms. The van der Waals surface area contributed by atoms with Gasteiger partial charge in [0.1, 0.15) is 0 Å². The maximum Gasteiger partial charge on any atom is 0.258 e. The van der Waals surface area contributed by atoms with Gasteiger partial charge in [-0.25, -0.2) is 4.39 Å². The molecule has 2 rings (SSSR count). The van der Waals surface area contributed by atoms with Crippen LogP contribution < -0.4 is 5.32 Å². The molecule has 0 saturated heterocycles. The molecule has 2 aromatic rings. The SMILES string of the molecule is CCc1cc(NC(=O)c2ccncc2F)ccc1C. The third-order valence-corrected chi connectivity index (χ3v) is 3.00. The number of nitrogens with one attached hydrogen (secondary N) is 1. The molecule has 4 heteroatoms. The van der Waals surface area contributed by atoms with Gasteiger partial charge in [-0.3, -0.25) is 9.78 Å². The summed E-state index contributed by atoms with van der Waals surface area (Å²) in [6, 6.07) is 7.02. The van der Waals surface area contributed by atoms with Gasteiger partial charge in [0.2, 0.25) is 0 Å². The van der Waals surface area contributed by atoms with Crippen molar-refractivity contribution in [1.82, 2.24) is 4.98 Å². The fourth-order valence-corrected chi connectivity index (χ4v) is 1.89. The molecule has 0 bridgehead atoms. The minimum atomic E-state index is -0.622. The molecule has 0 aliphatic heterocycles. The number of halogens is 1. The summed E-state index contributed by atoms with van der Waals surface area (Å²) in [4.78, 5) is 15.6. The number of amides is 1. The van der Waals surface area contributed by atoms with Gasteiger partial charge in [0.25, 0.3) is 5.91 Å². The molecule has 0 radical (unpaired) electrons. The van der Waals surface area contributed by atoms with E-state index >= 15 is 0 Å². The Kier molecular flexibility index (Phi) is 3.90. The Morgan fingerprint density at radius 1 is 1.37 bits per heavy atom. The molecule has 3 nitrogen and oxygen atoms in total. The van der Waals surface area contributed by atoms with Crippen LogP contribution in [0.2, 0.25) is 0 Å². The lowest BCUT2D eigenvalue weighted by molar-refractivity contribution is 0.102. The van der Waals surface area contributed by atoms with Gasteiger partial charge in [-0.05, 0) is 42.7 Å². The van der Waals surface area contributed by atoms with E-state index in [1.165, 1.54) is 17.8 Å². The summed E-state index contributed by atoms with van der Waals surface area (Å²) in [5.74, 6) is -1.09. The number of aromatic nitrogens is 1. The largest absolute Gasteiger partial charge is 0.322 e. The molecule has 0 aliphatic rings. The number of anilines is 1. The molecular formula is C15H15FN2O. The lowest BCUT2D eigenvalue weighted by atomic mass is 10.1. The summed E-state index contributed by atoms with van der Waals surface area (Å²) in [6.07, 6.45) is 3.31. The fourth-order valence-electron chi connectivity index (χ4n) is 1.89. The molecule has 0 fully saturated rings. The van der Waals surface area contributed by atoms with Crippen LogP contribution >= 0.6 is 0 Å². The molecule has 1 heterocycles. The number of carbonyl (C=O) groups is 1. The van der Waals surface area contributed by atoms with Crippen molar-refractivity contribution in [3.05, 3.63) is 59.2 Å². The lowest BCUT2D eigenvalue weighted by Crippen LogP contribution is -2.14. The van der Waals surface area contributed by atoms with Crippen LogP contribution in [0, 0.1) is 12.7 Å². The van der Waals surface area contributed by atoms with Crippen molar-refractivity contribution in [2.24, 2.45) is 0 Å². The van der Waals surface area contributed by atoms with E-state index in [9.17, 15) is 9.18 Å². The predicted molar refractivity (Wildman–Crippen MR) is 72.7 cm³/mol. The number of nitrogens with zero attached hydrogens (tertiary/aromatic N) is 1. The summed E-state index contributed by atoms with van der Waals surface area (Å²) in [6.45, 7) is 4.07. The quantitative estimate of drug-likeness (QED) is 0.917. The topological polar surface area (TPSA) is 42.0 Å². The van der Waals surface area contributed by atoms with E-state index in [2.05, 4.69) is 17.2 Å². The fraction of sp³-hybridized carbons (Fsp3) is 0.200. The number of benzene rings is 1. The van der Waals surface area contributed by atoms with E-state index in [-0.39, 0.29) is 5.56 Å². The first-order chi connectivity index (χ1) is 9.11. The Morgan fingerprint density at radius 3 is 2.84 bits per heavy atom. The average molecular weight is 258 g/mol. The highest BCUT2D eigenvalue weighted by molar-refractivity contribution is 6.04. The van der Waals surface area contributed by atoms with Gasteiger partial charge >= 0.3 is 0 Å². The Bertz CT molecular complexity index is 611. The van der Waals surface area contributed by atoms with Crippen molar-refractivity contribution in [1.29, 1.82) is 0 Å². The molecule has 1 N–H and O–H groups in total. The van der Waals surface area contributed by atoms with Crippen LogP contribution in [0.3, 0.4) is 0 Å². The van der Waals surface area contributed by atoms with Gasteiger partial charge in [-0.2, -0.15) is 0 Å². The number of rotatable bonds is 3. The summed E-state index contributed by atoms with van der Waals surface area (Å²) in [7, 11) is 0. The second-order valence-electron chi connectivity index (χ2n) is 4.30. The molecule has 0 aliphatic carbocycles. The smallest absolute Gasteiger partial charge is 0.258 e. The van der Waals surface area contributed by atoms with Crippen LogP contribution in [0.1, 0.15) is 28.4 Å². The van der Waals surface area contributed by atoms with Crippen LogP contribution in [-0.4, -0.2) is 10.9 Å². The van der Waals surface area contributed by atoms with Crippen molar-refractivity contribution < 1.29 is 9.18 Å². The summed E-state index contributed by atoms with van der Waals surface area (Å²) in [5.41, 5.74) is 3.00. The third-order valence-electron chi connectivity index (χ3n) is 3.00. The highest BCUT2D eigenvalue weighted by atomic mass is 19.1. The normalized spacial score (nSPS) is 10.3. The molecule has 1 aromatic carbocycles. The maximum atomic E-state index is 13.4. The highest BCUT2D eigenvalue weighted by Crippen LogP contribution is 2.17. The van der Waals surface area contributed by atoms with Crippen molar-refractivity contribution in [3.63, 3.8) is 0 Å². The minimum Gasteiger partial charge on any atom is -0.322 e. The number of carbonyl (C=O) groups excluding carboxylic acids is 1. The van der Waals surface area contributed by atoms with Crippen LogP contribution in [0.4, 0.5) is 10.1 Å². The maximum absolute atomic E-state index is 13.4. The molecule has 1 amide bonds. The summed E-state index contributed by atoms with van der Waals surface area (Å²) < 4.78 is 13.4. The minimum absolute atomic E-state index is 0.00590. The van der Waals surface area contributed by atoms with E-state index < -0.39 is 11.7 Å². The van der Waals surface area contributed by atoms with Crippen LogP contribution in [-0.2, 0) is 6.42 Å². The zero-order chi connectivity index (χ0) is 13.8. The monoisotopic (exact) mass is 258 g/mol. The van der Waals surface area contributed by atoms with Crippen molar-refractivity contribution in [3.8, 4) is 0 Å². The van der Waals surface area contributed by atoms with Crippen molar-refractivity contribution >= 4 is 11.6 Å². The molecule has 0 saturated carbocycles. The highest BCUT2D eigenvalue weighted by Gasteiger charge is 2.11. The van der Waals surface area contributed by atoms with E-state index in [0.29, 0.717) is 5.69 Å². The number of hydrogen-bond donors (Lipinski definition) is 1. The van der Waals surface area contributed by atoms with Gasteiger partial charge < -0.3 is 5.32 Å². The third kappa shape index (κ3) is 2.96. The van der Waals surface area contributed by atoms with Gasteiger partial charge in [-0.15, -0.1) is 0 Å². The lowest BCUT2D eigenvalue weighted by Gasteiger charge is -2.09. The first kappa shape index (κ1) is 13.2. The molecule has 0 atom stereocenters. The number of aryl methyl sites for hydroxylation is 2. The van der Waals surface area contributed by atoms with E-state index in [0.717, 1.165) is 18.2 Å². The van der Waals surface area contributed by atoms with E-state index in [4.69, 9.17) is 0 Å². The van der Waals surface area contributed by atoms with Crippen LogP contribution in [0.5, 0.6) is 0 Å². The predicted octanol–water partition coefficient (Wildman–Crippen LogP) is 3.34. The Balaban J connectivity index is 2.22. The number of pyridine rings is 1. The van der Waals surface area contributed by atoms with Crippen molar-refractivity contribution in [2.45, 2.75) is 20.3 Å². The Labute approximate surface area is 111 Å². The molecule has 1 aromatic heterocycles. The zero-order valence-electron chi connectivity index (χ0n) is 10.9. The molecule has 98 valence electrons.